The van der Waals surface area contributed by atoms with Crippen LogP contribution in [-0.2, 0) is 14.4 Å². The van der Waals surface area contributed by atoms with Crippen molar-refractivity contribution in [2.24, 2.45) is 5.92 Å². The zero-order valence-electron chi connectivity index (χ0n) is 10.7. The van der Waals surface area contributed by atoms with Gasteiger partial charge in [-0.25, -0.2) is 0 Å². The lowest BCUT2D eigenvalue weighted by Gasteiger charge is -2.00. The van der Waals surface area contributed by atoms with E-state index in [1.165, 1.54) is 0 Å². The Morgan fingerprint density at radius 1 is 0.800 bits per heavy atom. The van der Waals surface area contributed by atoms with E-state index < -0.39 is 42.0 Å². The molecule has 2 rings (SSSR count). The van der Waals surface area contributed by atoms with E-state index in [9.17, 15) is 14.4 Å². The smallest absolute Gasteiger partial charge is 0.320 e. The molecule has 0 saturated carbocycles. The molecule has 0 aromatic rings. The van der Waals surface area contributed by atoms with E-state index in [1.54, 1.807) is 0 Å². The lowest BCUT2D eigenvalue weighted by atomic mass is 10.1. The molecule has 2 heterocycles. The van der Waals surface area contributed by atoms with Crippen molar-refractivity contribution in [3.63, 3.8) is 0 Å². The fourth-order valence-electron chi connectivity index (χ4n) is 2.02. The molecule has 0 aromatic carbocycles. The fourth-order valence-corrected chi connectivity index (χ4v) is 2.02. The highest BCUT2D eigenvalue weighted by Gasteiger charge is 2.33. The predicted octanol–water partition coefficient (Wildman–Crippen LogP) is -2.07. The summed E-state index contributed by atoms with van der Waals surface area (Å²) in [7, 11) is 0. The summed E-state index contributed by atoms with van der Waals surface area (Å²) in [5.74, 6) is -3.34. The van der Waals surface area contributed by atoms with Gasteiger partial charge >= 0.3 is 17.9 Å². The van der Waals surface area contributed by atoms with E-state index in [1.807, 2.05) is 0 Å². The molecule has 9 heteroatoms. The monoisotopic (exact) mass is 290 g/mol. The number of aliphatic carboxylic acids is 3. The number of nitrogens with one attached hydrogen (secondary N) is 2. The lowest BCUT2D eigenvalue weighted by Crippen LogP contribution is -2.29. The van der Waals surface area contributed by atoms with Crippen LogP contribution in [0.3, 0.4) is 0 Å². The number of carbonyl (C=O) groups is 3. The maximum atomic E-state index is 10.3. The molecule has 0 bridgehead atoms. The highest BCUT2D eigenvalue weighted by molar-refractivity contribution is 5.77. The van der Waals surface area contributed by atoms with Gasteiger partial charge in [-0.1, -0.05) is 0 Å². The standard InChI is InChI=1S/C6H9NO4.C5H9NO3/c8-5(9)3-1-4(6(10)11)7-2-3;7-3-1-4(5(8)9)6-2-3/h3-4,7H,1-2H2,(H,8,9)(H,10,11);3-4,6-7H,1-2H2,(H,8,9). The number of β-amino-alcohol motifs (C(OH)–C–C–N with tert-alkyl or cyclic N) is 1. The van der Waals surface area contributed by atoms with E-state index in [4.69, 9.17) is 20.4 Å². The number of hydrogen-bond acceptors (Lipinski definition) is 6. The van der Waals surface area contributed by atoms with Crippen LogP contribution in [0.2, 0.25) is 0 Å². The maximum Gasteiger partial charge on any atom is 0.320 e. The average molecular weight is 290 g/mol. The van der Waals surface area contributed by atoms with Gasteiger partial charge in [-0.3, -0.25) is 14.4 Å². The Hall–Kier alpha value is -1.71. The topological polar surface area (TPSA) is 156 Å². The van der Waals surface area contributed by atoms with Crippen LogP contribution in [0.4, 0.5) is 0 Å². The van der Waals surface area contributed by atoms with Crippen molar-refractivity contribution in [3.05, 3.63) is 0 Å². The van der Waals surface area contributed by atoms with Crippen molar-refractivity contribution < 1.29 is 34.8 Å². The Morgan fingerprint density at radius 2 is 1.30 bits per heavy atom. The summed E-state index contributed by atoms with van der Waals surface area (Å²) < 4.78 is 0. The van der Waals surface area contributed by atoms with Gasteiger partial charge in [-0.05, 0) is 6.42 Å². The normalized spacial score (nSPS) is 32.2. The zero-order chi connectivity index (χ0) is 15.3. The highest BCUT2D eigenvalue weighted by atomic mass is 16.4. The van der Waals surface area contributed by atoms with Gasteiger partial charge in [0.2, 0.25) is 0 Å². The maximum absolute atomic E-state index is 10.3. The van der Waals surface area contributed by atoms with Crippen LogP contribution < -0.4 is 10.6 Å². The molecule has 4 atom stereocenters. The van der Waals surface area contributed by atoms with Crippen LogP contribution in [-0.4, -0.2) is 69.6 Å². The molecule has 0 aromatic heterocycles. The third-order valence-corrected chi connectivity index (χ3v) is 3.18. The number of carboxylic acid groups (broad SMARTS) is 3. The third-order valence-electron chi connectivity index (χ3n) is 3.18. The van der Waals surface area contributed by atoms with Crippen LogP contribution in [0, 0.1) is 5.92 Å². The van der Waals surface area contributed by atoms with Crippen LogP contribution in [0.5, 0.6) is 0 Å². The van der Waals surface area contributed by atoms with Crippen molar-refractivity contribution in [1.82, 2.24) is 10.6 Å². The Kier molecular flexibility index (Phi) is 5.86. The van der Waals surface area contributed by atoms with Gasteiger partial charge in [0.05, 0.1) is 12.0 Å². The molecular weight excluding hydrogens is 272 g/mol. The number of aliphatic hydroxyl groups is 1. The Balaban J connectivity index is 0.000000204. The van der Waals surface area contributed by atoms with Crippen LogP contribution in [0.15, 0.2) is 0 Å². The largest absolute Gasteiger partial charge is 0.481 e. The van der Waals surface area contributed by atoms with Crippen molar-refractivity contribution >= 4 is 17.9 Å². The first-order valence-corrected chi connectivity index (χ1v) is 6.14. The summed E-state index contributed by atoms with van der Waals surface area (Å²) in [5.41, 5.74) is 0. The molecule has 2 aliphatic heterocycles. The van der Waals surface area contributed by atoms with Gasteiger partial charge in [0, 0.05) is 19.5 Å². The van der Waals surface area contributed by atoms with Crippen molar-refractivity contribution in [2.45, 2.75) is 31.0 Å². The van der Waals surface area contributed by atoms with Gasteiger partial charge in [-0.15, -0.1) is 0 Å². The molecule has 0 radical (unpaired) electrons. The van der Waals surface area contributed by atoms with Crippen molar-refractivity contribution in [3.8, 4) is 0 Å². The number of hydrogen-bond donors (Lipinski definition) is 6. The van der Waals surface area contributed by atoms with Crippen LogP contribution in [0.1, 0.15) is 12.8 Å². The molecule has 114 valence electrons. The van der Waals surface area contributed by atoms with Crippen molar-refractivity contribution in [2.75, 3.05) is 13.1 Å². The van der Waals surface area contributed by atoms with Crippen LogP contribution in [0.25, 0.3) is 0 Å². The Bertz CT molecular complexity index is 367. The molecule has 2 aliphatic rings. The second kappa shape index (κ2) is 7.17. The lowest BCUT2D eigenvalue weighted by molar-refractivity contribution is -0.142. The van der Waals surface area contributed by atoms with E-state index in [0.717, 1.165) is 0 Å². The summed E-state index contributed by atoms with van der Waals surface area (Å²) in [6.45, 7) is 0.656. The minimum Gasteiger partial charge on any atom is -0.481 e. The molecule has 0 amide bonds. The summed E-state index contributed by atoms with van der Waals surface area (Å²) in [5, 5.41) is 39.4. The Labute approximate surface area is 114 Å². The summed E-state index contributed by atoms with van der Waals surface area (Å²) in [4.78, 5) is 30.8. The first-order valence-electron chi connectivity index (χ1n) is 6.14. The van der Waals surface area contributed by atoms with Gasteiger partial charge in [0.25, 0.3) is 0 Å². The average Bonchev–Trinajstić information content (AvgIpc) is 2.97. The first-order chi connectivity index (χ1) is 9.31. The van der Waals surface area contributed by atoms with Gasteiger partial charge in [0.1, 0.15) is 12.1 Å². The minimum absolute atomic E-state index is 0.185. The van der Waals surface area contributed by atoms with Crippen LogP contribution >= 0.6 is 0 Å². The third kappa shape index (κ3) is 4.76. The first kappa shape index (κ1) is 16.3. The van der Waals surface area contributed by atoms with E-state index >= 15 is 0 Å². The SMILES string of the molecule is O=C(O)C1CC(O)CN1.O=C(O)C1CNC(C(=O)O)C1. The van der Waals surface area contributed by atoms with Crippen molar-refractivity contribution in [1.29, 1.82) is 0 Å². The minimum atomic E-state index is -0.978. The molecule has 0 spiro atoms. The summed E-state index contributed by atoms with van der Waals surface area (Å²) >= 11 is 0. The van der Waals surface area contributed by atoms with E-state index in [-0.39, 0.29) is 13.0 Å². The molecular formula is C11H18N2O7. The predicted molar refractivity (Wildman–Crippen MR) is 65.2 cm³/mol. The second-order valence-electron chi connectivity index (χ2n) is 4.76. The summed E-state index contributed by atoms with van der Waals surface area (Å²) in [6.07, 6.45) is 0.0334. The summed E-state index contributed by atoms with van der Waals surface area (Å²) in [6, 6.07) is -1.23. The number of rotatable bonds is 3. The quantitative estimate of drug-likeness (QED) is 0.343. The Morgan fingerprint density at radius 3 is 1.55 bits per heavy atom. The number of carboxylic acids is 3. The molecule has 4 unspecified atom stereocenters. The van der Waals surface area contributed by atoms with Gasteiger partial charge in [-0.2, -0.15) is 0 Å². The molecule has 6 N–H and O–H groups in total. The molecule has 9 nitrogen and oxygen atoms in total. The van der Waals surface area contributed by atoms with Gasteiger partial charge in [0.15, 0.2) is 0 Å². The fraction of sp³-hybridized carbons (Fsp3) is 0.727. The highest BCUT2D eigenvalue weighted by Crippen LogP contribution is 2.13. The zero-order valence-corrected chi connectivity index (χ0v) is 10.7. The van der Waals surface area contributed by atoms with E-state index in [0.29, 0.717) is 13.0 Å². The molecule has 2 fully saturated rings. The molecule has 20 heavy (non-hydrogen) atoms. The molecule has 0 aliphatic carbocycles. The van der Waals surface area contributed by atoms with Gasteiger partial charge < -0.3 is 31.1 Å². The molecule has 2 saturated heterocycles. The second-order valence-corrected chi connectivity index (χ2v) is 4.76. The number of aliphatic hydroxyl groups excluding tert-OH is 1. The van der Waals surface area contributed by atoms with E-state index in [2.05, 4.69) is 10.6 Å².